The molecule has 0 unspecified atom stereocenters. The van der Waals surface area contributed by atoms with Crippen molar-refractivity contribution in [1.29, 1.82) is 0 Å². The lowest BCUT2D eigenvalue weighted by Crippen LogP contribution is -1.79. The van der Waals surface area contributed by atoms with Crippen LogP contribution in [0.5, 0.6) is 0 Å². The predicted octanol–water partition coefficient (Wildman–Crippen LogP) is 3.88. The third kappa shape index (κ3) is 3.07. The van der Waals surface area contributed by atoms with E-state index in [9.17, 15) is 0 Å². The summed E-state index contributed by atoms with van der Waals surface area (Å²) in [7, 11) is 0. The number of hydrogen-bond donors (Lipinski definition) is 0. The molecule has 10 heavy (non-hydrogen) atoms. The third-order valence-corrected chi connectivity index (χ3v) is 1.85. The van der Waals surface area contributed by atoms with E-state index in [2.05, 4.69) is 19.9 Å². The van der Waals surface area contributed by atoms with Crippen LogP contribution >= 0.6 is 11.6 Å². The molecule has 0 amide bonds. The summed E-state index contributed by atoms with van der Waals surface area (Å²) < 4.78 is 0. The van der Waals surface area contributed by atoms with Crippen molar-refractivity contribution in [2.75, 3.05) is 0 Å². The monoisotopic (exact) mass is 158 g/mol. The standard InChI is InChI=1S/C9H15Cl/c1-4-7-8(5-2)9(10)6-3/h6-7H,4-5H2,1-3H3/b8-7-,9-6+. The maximum atomic E-state index is 5.90. The summed E-state index contributed by atoms with van der Waals surface area (Å²) in [6.45, 7) is 6.20. The molecule has 0 radical (unpaired) electrons. The fraction of sp³-hybridized carbons (Fsp3) is 0.556. The molecule has 0 aromatic heterocycles. The Morgan fingerprint density at radius 3 is 2.30 bits per heavy atom. The van der Waals surface area contributed by atoms with Gasteiger partial charge >= 0.3 is 0 Å². The summed E-state index contributed by atoms with van der Waals surface area (Å²) >= 11 is 5.90. The topological polar surface area (TPSA) is 0 Å². The van der Waals surface area contributed by atoms with Crippen molar-refractivity contribution in [3.63, 3.8) is 0 Å². The molecule has 0 aliphatic rings. The fourth-order valence-electron chi connectivity index (χ4n) is 0.843. The molecule has 0 aliphatic heterocycles. The molecule has 0 saturated heterocycles. The first-order valence-electron chi connectivity index (χ1n) is 3.77. The lowest BCUT2D eigenvalue weighted by atomic mass is 10.1. The van der Waals surface area contributed by atoms with Crippen LogP contribution in [-0.4, -0.2) is 0 Å². The minimum absolute atomic E-state index is 0.893. The van der Waals surface area contributed by atoms with E-state index in [0.717, 1.165) is 17.9 Å². The summed E-state index contributed by atoms with van der Waals surface area (Å²) in [5.41, 5.74) is 1.26. The summed E-state index contributed by atoms with van der Waals surface area (Å²) in [4.78, 5) is 0. The highest BCUT2D eigenvalue weighted by Crippen LogP contribution is 2.17. The van der Waals surface area contributed by atoms with Crippen molar-refractivity contribution in [2.45, 2.75) is 33.6 Å². The van der Waals surface area contributed by atoms with Crippen LogP contribution in [0.25, 0.3) is 0 Å². The Kier molecular flexibility index (Phi) is 5.42. The molecular weight excluding hydrogens is 144 g/mol. The minimum Gasteiger partial charge on any atom is -0.0844 e. The van der Waals surface area contributed by atoms with Crippen molar-refractivity contribution < 1.29 is 0 Å². The van der Waals surface area contributed by atoms with Crippen LogP contribution in [0, 0.1) is 0 Å². The Morgan fingerprint density at radius 1 is 1.40 bits per heavy atom. The van der Waals surface area contributed by atoms with E-state index in [1.807, 2.05) is 13.0 Å². The highest BCUT2D eigenvalue weighted by atomic mass is 35.5. The smallest absolute Gasteiger partial charge is 0.0392 e. The molecule has 0 atom stereocenters. The first kappa shape index (κ1) is 9.77. The Hall–Kier alpha value is -0.230. The van der Waals surface area contributed by atoms with E-state index in [-0.39, 0.29) is 0 Å². The van der Waals surface area contributed by atoms with Crippen LogP contribution in [0.3, 0.4) is 0 Å². The molecule has 0 rings (SSSR count). The second-order valence-electron chi connectivity index (χ2n) is 2.13. The molecule has 0 spiro atoms. The van der Waals surface area contributed by atoms with Gasteiger partial charge in [0.1, 0.15) is 0 Å². The first-order chi connectivity index (χ1) is 4.76. The molecule has 0 aromatic carbocycles. The Bertz CT molecular complexity index is 143. The van der Waals surface area contributed by atoms with E-state index in [0.29, 0.717) is 0 Å². The quantitative estimate of drug-likeness (QED) is 0.547. The summed E-state index contributed by atoms with van der Waals surface area (Å²) in [5, 5.41) is 0.893. The van der Waals surface area contributed by atoms with Crippen molar-refractivity contribution in [1.82, 2.24) is 0 Å². The van der Waals surface area contributed by atoms with Crippen LogP contribution in [0.15, 0.2) is 22.8 Å². The molecule has 0 nitrogen and oxygen atoms in total. The fourth-order valence-corrected chi connectivity index (χ4v) is 1.05. The van der Waals surface area contributed by atoms with E-state index in [1.54, 1.807) is 0 Å². The zero-order valence-corrected chi connectivity index (χ0v) is 7.70. The highest BCUT2D eigenvalue weighted by molar-refractivity contribution is 6.31. The van der Waals surface area contributed by atoms with E-state index in [4.69, 9.17) is 11.6 Å². The third-order valence-electron chi connectivity index (χ3n) is 1.39. The van der Waals surface area contributed by atoms with Crippen LogP contribution in [0.2, 0.25) is 0 Å². The SMILES string of the molecule is C/C=C(Cl)\C(=C/CC)CC. The maximum Gasteiger partial charge on any atom is 0.0392 e. The van der Waals surface area contributed by atoms with Crippen molar-refractivity contribution in [3.8, 4) is 0 Å². The van der Waals surface area contributed by atoms with Crippen molar-refractivity contribution >= 4 is 11.6 Å². The van der Waals surface area contributed by atoms with E-state index in [1.165, 1.54) is 5.57 Å². The Labute approximate surface area is 68.6 Å². The summed E-state index contributed by atoms with van der Waals surface area (Å²) in [6, 6.07) is 0. The zero-order valence-electron chi connectivity index (χ0n) is 6.95. The number of halogens is 1. The number of rotatable bonds is 3. The zero-order chi connectivity index (χ0) is 7.98. The van der Waals surface area contributed by atoms with E-state index >= 15 is 0 Å². The van der Waals surface area contributed by atoms with Gasteiger partial charge in [-0.3, -0.25) is 0 Å². The van der Waals surface area contributed by atoms with Crippen LogP contribution in [0.4, 0.5) is 0 Å². The van der Waals surface area contributed by atoms with Crippen LogP contribution in [-0.2, 0) is 0 Å². The molecule has 0 heterocycles. The van der Waals surface area contributed by atoms with Gasteiger partial charge in [-0.2, -0.15) is 0 Å². The predicted molar refractivity (Wildman–Crippen MR) is 48.3 cm³/mol. The molecule has 58 valence electrons. The van der Waals surface area contributed by atoms with Gasteiger partial charge in [0.2, 0.25) is 0 Å². The van der Waals surface area contributed by atoms with Gasteiger partial charge in [0.25, 0.3) is 0 Å². The average molecular weight is 159 g/mol. The van der Waals surface area contributed by atoms with Gasteiger partial charge < -0.3 is 0 Å². The van der Waals surface area contributed by atoms with Gasteiger partial charge in [0.05, 0.1) is 0 Å². The minimum atomic E-state index is 0.893. The molecule has 0 N–H and O–H groups in total. The second-order valence-corrected chi connectivity index (χ2v) is 2.53. The molecule has 0 aliphatic carbocycles. The van der Waals surface area contributed by atoms with Gasteiger partial charge in [-0.25, -0.2) is 0 Å². The lowest BCUT2D eigenvalue weighted by Gasteiger charge is -1.99. The number of allylic oxidation sites excluding steroid dienone is 4. The van der Waals surface area contributed by atoms with Gasteiger partial charge in [0.15, 0.2) is 0 Å². The molecule has 0 bridgehead atoms. The highest BCUT2D eigenvalue weighted by Gasteiger charge is 1.95. The molecule has 0 saturated carbocycles. The van der Waals surface area contributed by atoms with Gasteiger partial charge in [-0.05, 0) is 25.3 Å². The Balaban J connectivity index is 4.21. The van der Waals surface area contributed by atoms with E-state index < -0.39 is 0 Å². The number of hydrogen-bond acceptors (Lipinski definition) is 0. The van der Waals surface area contributed by atoms with Crippen molar-refractivity contribution in [2.24, 2.45) is 0 Å². The normalized spacial score (nSPS) is 14.0. The van der Waals surface area contributed by atoms with Crippen molar-refractivity contribution in [3.05, 3.63) is 22.8 Å². The lowest BCUT2D eigenvalue weighted by molar-refractivity contribution is 1.09. The first-order valence-corrected chi connectivity index (χ1v) is 4.15. The van der Waals surface area contributed by atoms with Gasteiger partial charge in [0, 0.05) is 5.03 Å². The summed E-state index contributed by atoms with van der Waals surface area (Å²) in [6.07, 6.45) is 6.19. The maximum absolute atomic E-state index is 5.90. The molecule has 0 aromatic rings. The molecule has 0 fully saturated rings. The van der Waals surface area contributed by atoms with Crippen LogP contribution in [0.1, 0.15) is 33.6 Å². The second kappa shape index (κ2) is 5.55. The molecule has 1 heteroatoms. The average Bonchev–Trinajstić information content (AvgIpc) is 1.99. The largest absolute Gasteiger partial charge is 0.0844 e. The van der Waals surface area contributed by atoms with Crippen LogP contribution < -0.4 is 0 Å². The van der Waals surface area contributed by atoms with Gasteiger partial charge in [-0.1, -0.05) is 37.6 Å². The van der Waals surface area contributed by atoms with Gasteiger partial charge in [-0.15, -0.1) is 0 Å². The Morgan fingerprint density at radius 2 is 2.00 bits per heavy atom. The molecular formula is C9H15Cl. The summed E-state index contributed by atoms with van der Waals surface area (Å²) in [5.74, 6) is 0.